The average Bonchev–Trinajstić information content (AvgIpc) is 3.14. The fraction of sp³-hybridized carbons (Fsp3) is 0.360. The second kappa shape index (κ2) is 10.3. The van der Waals surface area contributed by atoms with Crippen LogP contribution in [0.1, 0.15) is 32.9 Å². The molecule has 0 aliphatic carbocycles. The van der Waals surface area contributed by atoms with Crippen LogP contribution in [-0.4, -0.2) is 54.2 Å². The summed E-state index contributed by atoms with van der Waals surface area (Å²) in [5.41, 5.74) is 3.47. The van der Waals surface area contributed by atoms with Gasteiger partial charge in [0.1, 0.15) is 12.4 Å². The second-order valence-electron chi connectivity index (χ2n) is 8.16. The molecule has 0 unspecified atom stereocenters. The average molecular weight is 470 g/mol. The summed E-state index contributed by atoms with van der Waals surface area (Å²) in [6.07, 6.45) is 0. The number of rotatable bonds is 7. The molecular weight excluding hydrogens is 442 g/mol. The lowest BCUT2D eigenvalue weighted by molar-refractivity contribution is 0.0628. The number of aromatic nitrogens is 1. The monoisotopic (exact) mass is 469 g/mol. The van der Waals surface area contributed by atoms with Gasteiger partial charge in [-0.1, -0.05) is 28.9 Å². The van der Waals surface area contributed by atoms with Crippen LogP contribution >= 0.6 is 11.6 Å². The Hall–Kier alpha value is -3.03. The van der Waals surface area contributed by atoms with Gasteiger partial charge in [0.05, 0.1) is 18.4 Å². The molecule has 0 atom stereocenters. The zero-order chi connectivity index (χ0) is 23.4. The standard InChI is InChI=1S/C25H28ClN3O4/c1-17-22(18(2)33-27-17)16-32-23-8-7-20(14-24(23)31-3)25(30)29-11-9-28(10-12-29)15-19-5-4-6-21(26)13-19/h4-8,13-14H,9-12,15-16H2,1-3H3. The maximum atomic E-state index is 13.1. The lowest BCUT2D eigenvalue weighted by Crippen LogP contribution is -2.48. The fourth-order valence-electron chi connectivity index (χ4n) is 3.96. The molecule has 1 aromatic heterocycles. The minimum Gasteiger partial charge on any atom is -0.493 e. The third-order valence-electron chi connectivity index (χ3n) is 5.92. The number of nitrogens with zero attached hydrogens (tertiary/aromatic N) is 3. The number of methoxy groups -OCH3 is 1. The quantitative estimate of drug-likeness (QED) is 0.508. The number of ether oxygens (including phenoxy) is 2. The molecule has 1 amide bonds. The molecule has 1 fully saturated rings. The highest BCUT2D eigenvalue weighted by atomic mass is 35.5. The van der Waals surface area contributed by atoms with Crippen LogP contribution in [0.3, 0.4) is 0 Å². The predicted octanol–water partition coefficient (Wildman–Crippen LogP) is 4.49. The molecule has 7 nitrogen and oxygen atoms in total. The van der Waals surface area contributed by atoms with E-state index in [0.717, 1.165) is 41.7 Å². The number of amides is 1. The van der Waals surface area contributed by atoms with Crippen molar-refractivity contribution >= 4 is 17.5 Å². The SMILES string of the molecule is COc1cc(C(=O)N2CCN(Cc3cccc(Cl)c3)CC2)ccc1OCc1c(C)noc1C. The zero-order valence-corrected chi connectivity index (χ0v) is 19.9. The summed E-state index contributed by atoms with van der Waals surface area (Å²) in [5.74, 6) is 1.81. The lowest BCUT2D eigenvalue weighted by atomic mass is 10.1. The van der Waals surface area contributed by atoms with Gasteiger partial charge in [-0.05, 0) is 49.7 Å². The Morgan fingerprint density at radius 2 is 1.88 bits per heavy atom. The molecule has 3 aromatic rings. The van der Waals surface area contributed by atoms with E-state index in [2.05, 4.69) is 16.1 Å². The molecular formula is C25H28ClN3O4. The van der Waals surface area contributed by atoms with Gasteiger partial charge in [-0.3, -0.25) is 9.69 Å². The van der Waals surface area contributed by atoms with Gasteiger partial charge < -0.3 is 18.9 Å². The Labute approximate surface area is 198 Å². The molecule has 0 saturated carbocycles. The number of carbonyl (C=O) groups is 1. The first-order chi connectivity index (χ1) is 15.9. The van der Waals surface area contributed by atoms with E-state index in [1.807, 2.05) is 36.9 Å². The number of aryl methyl sites for hydroxylation is 2. The van der Waals surface area contributed by atoms with Crippen LogP contribution in [0.15, 0.2) is 47.0 Å². The van der Waals surface area contributed by atoms with Crippen molar-refractivity contribution in [2.45, 2.75) is 27.0 Å². The van der Waals surface area contributed by atoms with E-state index in [0.29, 0.717) is 36.8 Å². The Morgan fingerprint density at radius 3 is 2.55 bits per heavy atom. The number of benzene rings is 2. The van der Waals surface area contributed by atoms with Gasteiger partial charge in [0.15, 0.2) is 11.5 Å². The topological polar surface area (TPSA) is 68.0 Å². The Bertz CT molecular complexity index is 1100. The Balaban J connectivity index is 1.36. The smallest absolute Gasteiger partial charge is 0.254 e. The fourth-order valence-corrected chi connectivity index (χ4v) is 4.18. The molecule has 2 heterocycles. The predicted molar refractivity (Wildman–Crippen MR) is 126 cm³/mol. The van der Waals surface area contributed by atoms with E-state index in [4.69, 9.17) is 25.6 Å². The summed E-state index contributed by atoms with van der Waals surface area (Å²) < 4.78 is 16.6. The van der Waals surface area contributed by atoms with Crippen molar-refractivity contribution in [3.63, 3.8) is 0 Å². The van der Waals surface area contributed by atoms with Crippen LogP contribution in [0, 0.1) is 13.8 Å². The van der Waals surface area contributed by atoms with Crippen molar-refractivity contribution in [2.75, 3.05) is 33.3 Å². The van der Waals surface area contributed by atoms with Gasteiger partial charge in [0.25, 0.3) is 5.91 Å². The summed E-state index contributed by atoms with van der Waals surface area (Å²) in [6.45, 7) is 7.85. The molecule has 0 spiro atoms. The molecule has 1 aliphatic rings. The second-order valence-corrected chi connectivity index (χ2v) is 8.59. The largest absolute Gasteiger partial charge is 0.493 e. The van der Waals surface area contributed by atoms with Crippen molar-refractivity contribution in [3.8, 4) is 11.5 Å². The van der Waals surface area contributed by atoms with E-state index in [-0.39, 0.29) is 5.91 Å². The van der Waals surface area contributed by atoms with Crippen LogP contribution in [-0.2, 0) is 13.2 Å². The molecule has 8 heteroatoms. The molecule has 2 aromatic carbocycles. The van der Waals surface area contributed by atoms with Crippen LogP contribution in [0.5, 0.6) is 11.5 Å². The van der Waals surface area contributed by atoms with Crippen molar-refractivity contribution in [3.05, 3.63) is 75.6 Å². The van der Waals surface area contributed by atoms with Crippen molar-refractivity contribution in [2.24, 2.45) is 0 Å². The third kappa shape index (κ3) is 5.49. The first kappa shape index (κ1) is 23.1. The Kier molecular flexibility index (Phi) is 7.20. The molecule has 1 aliphatic heterocycles. The highest BCUT2D eigenvalue weighted by molar-refractivity contribution is 6.30. The number of hydrogen-bond donors (Lipinski definition) is 0. The maximum Gasteiger partial charge on any atom is 0.254 e. The lowest BCUT2D eigenvalue weighted by Gasteiger charge is -2.35. The summed E-state index contributed by atoms with van der Waals surface area (Å²) in [4.78, 5) is 17.3. The minimum absolute atomic E-state index is 0.00650. The summed E-state index contributed by atoms with van der Waals surface area (Å²) >= 11 is 6.09. The van der Waals surface area contributed by atoms with E-state index >= 15 is 0 Å². The van der Waals surface area contributed by atoms with Crippen LogP contribution in [0.2, 0.25) is 5.02 Å². The highest BCUT2D eigenvalue weighted by Crippen LogP contribution is 2.30. The molecule has 174 valence electrons. The van der Waals surface area contributed by atoms with E-state index in [9.17, 15) is 4.79 Å². The molecule has 4 rings (SSSR count). The zero-order valence-electron chi connectivity index (χ0n) is 19.1. The van der Waals surface area contributed by atoms with Crippen molar-refractivity contribution < 1.29 is 18.8 Å². The van der Waals surface area contributed by atoms with Gasteiger partial charge in [0.2, 0.25) is 0 Å². The highest BCUT2D eigenvalue weighted by Gasteiger charge is 2.23. The van der Waals surface area contributed by atoms with Crippen molar-refractivity contribution in [1.29, 1.82) is 0 Å². The third-order valence-corrected chi connectivity index (χ3v) is 6.15. The number of piperazine rings is 1. The minimum atomic E-state index is -0.00650. The molecule has 33 heavy (non-hydrogen) atoms. The van der Waals surface area contributed by atoms with Gasteiger partial charge in [-0.25, -0.2) is 0 Å². The van der Waals surface area contributed by atoms with Crippen molar-refractivity contribution in [1.82, 2.24) is 15.0 Å². The van der Waals surface area contributed by atoms with Gasteiger partial charge in [-0.2, -0.15) is 0 Å². The summed E-state index contributed by atoms with van der Waals surface area (Å²) in [5, 5.41) is 4.69. The van der Waals surface area contributed by atoms with Gasteiger partial charge >= 0.3 is 0 Å². The molecule has 0 N–H and O–H groups in total. The summed E-state index contributed by atoms with van der Waals surface area (Å²) in [7, 11) is 1.57. The molecule has 0 bridgehead atoms. The van der Waals surface area contributed by atoms with Crippen LogP contribution in [0.25, 0.3) is 0 Å². The van der Waals surface area contributed by atoms with Crippen LogP contribution < -0.4 is 9.47 Å². The normalized spacial score (nSPS) is 14.4. The van der Waals surface area contributed by atoms with Gasteiger partial charge in [-0.15, -0.1) is 0 Å². The Morgan fingerprint density at radius 1 is 1.09 bits per heavy atom. The van der Waals surface area contributed by atoms with E-state index in [1.54, 1.807) is 25.3 Å². The first-order valence-corrected chi connectivity index (χ1v) is 11.3. The number of carbonyl (C=O) groups excluding carboxylic acids is 1. The molecule has 1 saturated heterocycles. The number of halogens is 1. The number of hydrogen-bond acceptors (Lipinski definition) is 6. The summed E-state index contributed by atoms with van der Waals surface area (Å²) in [6, 6.07) is 13.2. The van der Waals surface area contributed by atoms with Gasteiger partial charge in [0, 0.05) is 43.3 Å². The van der Waals surface area contributed by atoms with Crippen LogP contribution in [0.4, 0.5) is 0 Å². The maximum absolute atomic E-state index is 13.1. The molecule has 0 radical (unpaired) electrons. The van der Waals surface area contributed by atoms with E-state index in [1.165, 1.54) is 5.56 Å². The van der Waals surface area contributed by atoms with E-state index < -0.39 is 0 Å². The first-order valence-electron chi connectivity index (χ1n) is 10.9.